The first-order valence-corrected chi connectivity index (χ1v) is 13.7. The van der Waals surface area contributed by atoms with Crippen molar-refractivity contribution in [2.24, 2.45) is 0 Å². The summed E-state index contributed by atoms with van der Waals surface area (Å²) in [7, 11) is -3.67. The highest BCUT2D eigenvalue weighted by Crippen LogP contribution is 2.29. The summed E-state index contributed by atoms with van der Waals surface area (Å²) in [5.74, 6) is -1.25. The van der Waals surface area contributed by atoms with Crippen LogP contribution < -0.4 is 10.2 Å². The molecule has 0 unspecified atom stereocenters. The second-order valence-corrected chi connectivity index (χ2v) is 11.2. The van der Waals surface area contributed by atoms with Gasteiger partial charge in [0.1, 0.15) is 0 Å². The molecule has 0 bridgehead atoms. The van der Waals surface area contributed by atoms with Gasteiger partial charge in [0.05, 0.1) is 21.7 Å². The van der Waals surface area contributed by atoms with Crippen LogP contribution in [0, 0.1) is 6.92 Å². The van der Waals surface area contributed by atoms with Gasteiger partial charge in [-0.2, -0.15) is 4.31 Å². The fourth-order valence-corrected chi connectivity index (χ4v) is 6.53. The highest BCUT2D eigenvalue weighted by atomic mass is 32.2. The first-order chi connectivity index (χ1) is 17.8. The molecule has 8 nitrogen and oxygen atoms in total. The van der Waals surface area contributed by atoms with E-state index in [0.29, 0.717) is 46.7 Å². The Balaban J connectivity index is 1.33. The Labute approximate surface area is 215 Å². The molecule has 37 heavy (non-hydrogen) atoms. The molecular weight excluding hydrogens is 490 g/mol. The third-order valence-electron chi connectivity index (χ3n) is 6.81. The summed E-state index contributed by atoms with van der Waals surface area (Å²) in [6.07, 6.45) is 3.72. The lowest BCUT2D eigenvalue weighted by atomic mass is 10.1. The Kier molecular flexibility index (Phi) is 6.66. The number of rotatable bonds is 5. The molecule has 2 aliphatic heterocycles. The van der Waals surface area contributed by atoms with Crippen LogP contribution in [0.1, 0.15) is 62.3 Å². The van der Waals surface area contributed by atoms with E-state index < -0.39 is 27.7 Å². The quantitative estimate of drug-likeness (QED) is 0.498. The second kappa shape index (κ2) is 9.91. The normalized spacial score (nSPS) is 16.4. The van der Waals surface area contributed by atoms with Crippen molar-refractivity contribution in [3.05, 3.63) is 89.0 Å². The highest BCUT2D eigenvalue weighted by Gasteiger charge is 2.36. The molecule has 3 aromatic rings. The van der Waals surface area contributed by atoms with Crippen molar-refractivity contribution in [2.45, 2.75) is 37.5 Å². The molecule has 5 rings (SSSR count). The number of hydrogen-bond acceptors (Lipinski definition) is 5. The number of nitrogens with one attached hydrogen (secondary N) is 1. The van der Waals surface area contributed by atoms with Gasteiger partial charge in [0, 0.05) is 24.3 Å². The summed E-state index contributed by atoms with van der Waals surface area (Å²) in [5.41, 5.74) is 2.35. The first-order valence-electron chi connectivity index (χ1n) is 12.3. The van der Waals surface area contributed by atoms with Crippen LogP contribution in [-0.4, -0.2) is 43.5 Å². The molecule has 3 amide bonds. The number of carbonyl (C=O) groups excluding carboxylic acids is 3. The fraction of sp³-hybridized carbons (Fsp3) is 0.250. The van der Waals surface area contributed by atoms with Crippen LogP contribution >= 0.6 is 0 Å². The molecule has 0 radical (unpaired) electrons. The average Bonchev–Trinajstić information content (AvgIpc) is 3.07. The molecule has 0 aliphatic carbocycles. The van der Waals surface area contributed by atoms with Crippen LogP contribution in [0.4, 0.5) is 11.4 Å². The van der Waals surface area contributed by atoms with Gasteiger partial charge in [-0.25, -0.2) is 13.3 Å². The van der Waals surface area contributed by atoms with Gasteiger partial charge < -0.3 is 5.32 Å². The molecule has 9 heteroatoms. The summed E-state index contributed by atoms with van der Waals surface area (Å²) in [6, 6.07) is 17.6. The number of nitrogens with zero attached hydrogens (tertiary/aromatic N) is 2. The molecule has 0 atom stereocenters. The minimum absolute atomic E-state index is 0.188. The zero-order valence-electron chi connectivity index (χ0n) is 20.4. The van der Waals surface area contributed by atoms with E-state index in [1.807, 2.05) is 0 Å². The lowest BCUT2D eigenvalue weighted by Crippen LogP contribution is -2.32. The van der Waals surface area contributed by atoms with Crippen LogP contribution in [0.15, 0.2) is 71.6 Å². The monoisotopic (exact) mass is 517 g/mol. The Morgan fingerprint density at radius 1 is 0.811 bits per heavy atom. The van der Waals surface area contributed by atoms with Crippen molar-refractivity contribution in [3.63, 3.8) is 0 Å². The van der Waals surface area contributed by atoms with Crippen molar-refractivity contribution >= 4 is 39.1 Å². The lowest BCUT2D eigenvalue weighted by molar-refractivity contribution is 0.0925. The van der Waals surface area contributed by atoms with Gasteiger partial charge in [-0.1, -0.05) is 31.0 Å². The molecule has 0 spiro atoms. The number of anilines is 2. The number of amides is 3. The van der Waals surface area contributed by atoms with Gasteiger partial charge in [0.25, 0.3) is 17.7 Å². The van der Waals surface area contributed by atoms with Crippen molar-refractivity contribution in [2.75, 3.05) is 23.3 Å². The van der Waals surface area contributed by atoms with Crippen molar-refractivity contribution in [1.82, 2.24) is 4.31 Å². The van der Waals surface area contributed by atoms with Crippen LogP contribution in [-0.2, 0) is 10.0 Å². The summed E-state index contributed by atoms with van der Waals surface area (Å²) in [5, 5.41) is 2.76. The van der Waals surface area contributed by atoms with Gasteiger partial charge in [-0.15, -0.1) is 0 Å². The summed E-state index contributed by atoms with van der Waals surface area (Å²) in [4.78, 5) is 39.6. The minimum atomic E-state index is -3.67. The second-order valence-electron chi connectivity index (χ2n) is 9.29. The Bertz CT molecular complexity index is 1460. The van der Waals surface area contributed by atoms with E-state index in [4.69, 9.17) is 0 Å². The molecule has 0 saturated carbocycles. The molecular formula is C28H27N3O5S. The fourth-order valence-electron chi connectivity index (χ4n) is 4.77. The molecule has 1 saturated heterocycles. The largest absolute Gasteiger partial charge is 0.322 e. The van der Waals surface area contributed by atoms with Crippen LogP contribution in [0.2, 0.25) is 0 Å². The maximum atomic E-state index is 13.3. The Morgan fingerprint density at radius 2 is 1.41 bits per heavy atom. The van der Waals surface area contributed by atoms with Crippen LogP contribution in [0.3, 0.4) is 0 Å². The Hall–Kier alpha value is -3.82. The van der Waals surface area contributed by atoms with Gasteiger partial charge in [0.2, 0.25) is 10.0 Å². The minimum Gasteiger partial charge on any atom is -0.322 e. The third-order valence-corrected chi connectivity index (χ3v) is 8.85. The van der Waals surface area contributed by atoms with Crippen molar-refractivity contribution in [1.29, 1.82) is 0 Å². The number of sulfonamides is 1. The highest BCUT2D eigenvalue weighted by molar-refractivity contribution is 7.89. The van der Waals surface area contributed by atoms with Gasteiger partial charge >= 0.3 is 0 Å². The zero-order chi connectivity index (χ0) is 26.2. The molecule has 3 aromatic carbocycles. The summed E-state index contributed by atoms with van der Waals surface area (Å²) < 4.78 is 28.2. The van der Waals surface area contributed by atoms with Gasteiger partial charge in [-0.05, 0) is 73.9 Å². The van der Waals surface area contributed by atoms with E-state index in [-0.39, 0.29) is 4.90 Å². The predicted octanol–water partition coefficient (Wildman–Crippen LogP) is 4.61. The van der Waals surface area contributed by atoms with Gasteiger partial charge in [0.15, 0.2) is 0 Å². The zero-order valence-corrected chi connectivity index (χ0v) is 21.3. The number of carbonyl (C=O) groups is 3. The first kappa shape index (κ1) is 24.9. The molecule has 1 N–H and O–H groups in total. The summed E-state index contributed by atoms with van der Waals surface area (Å²) in [6.45, 7) is 2.74. The Morgan fingerprint density at radius 3 is 2.00 bits per heavy atom. The van der Waals surface area contributed by atoms with Crippen LogP contribution in [0.5, 0.6) is 0 Å². The third kappa shape index (κ3) is 4.68. The van der Waals surface area contributed by atoms with E-state index in [9.17, 15) is 22.8 Å². The number of hydrogen-bond donors (Lipinski definition) is 1. The lowest BCUT2D eigenvalue weighted by Gasteiger charge is -2.21. The number of fused-ring (bicyclic) bond motifs is 1. The van der Waals surface area contributed by atoms with E-state index in [1.54, 1.807) is 55.5 Å². The maximum absolute atomic E-state index is 13.3. The number of benzene rings is 3. The molecule has 2 aliphatic rings. The van der Waals surface area contributed by atoms with Crippen LogP contribution in [0.25, 0.3) is 0 Å². The topological polar surface area (TPSA) is 104 Å². The van der Waals surface area contributed by atoms with Crippen molar-refractivity contribution < 1.29 is 22.8 Å². The standard InChI is InChI=1S/C28H27N3O5S/c1-19-10-13-21(18-25(19)37(35,36)30-16-6-2-3-7-17-30)29-26(32)20-11-14-22(15-12-20)31-27(33)23-8-4-5-9-24(23)28(31)34/h4-5,8-15,18H,2-3,6-7,16-17H2,1H3,(H,29,32). The summed E-state index contributed by atoms with van der Waals surface area (Å²) >= 11 is 0. The molecule has 2 heterocycles. The average molecular weight is 518 g/mol. The van der Waals surface area contributed by atoms with Crippen molar-refractivity contribution in [3.8, 4) is 0 Å². The SMILES string of the molecule is Cc1ccc(NC(=O)c2ccc(N3C(=O)c4ccccc4C3=O)cc2)cc1S(=O)(=O)N1CCCCCC1. The van der Waals surface area contributed by atoms with Gasteiger partial charge in [-0.3, -0.25) is 14.4 Å². The molecule has 190 valence electrons. The number of aryl methyl sites for hydroxylation is 1. The molecule has 1 fully saturated rings. The predicted molar refractivity (Wildman–Crippen MR) is 140 cm³/mol. The van der Waals surface area contributed by atoms with E-state index >= 15 is 0 Å². The number of imide groups is 1. The maximum Gasteiger partial charge on any atom is 0.266 e. The smallest absolute Gasteiger partial charge is 0.266 e. The molecule has 0 aromatic heterocycles. The van der Waals surface area contributed by atoms with E-state index in [2.05, 4.69) is 5.32 Å². The van der Waals surface area contributed by atoms with E-state index in [0.717, 1.165) is 30.6 Å². The van der Waals surface area contributed by atoms with E-state index in [1.165, 1.54) is 22.5 Å².